The van der Waals surface area contributed by atoms with Crippen molar-refractivity contribution in [2.45, 2.75) is 40.0 Å². The van der Waals surface area contributed by atoms with Gasteiger partial charge in [0, 0.05) is 16.9 Å². The van der Waals surface area contributed by atoms with Crippen LogP contribution >= 0.6 is 23.2 Å². The molecule has 2 atom stereocenters. The summed E-state index contributed by atoms with van der Waals surface area (Å²) in [6.07, 6.45) is 1.79. The topological polar surface area (TPSA) is 46.2 Å². The third kappa shape index (κ3) is 1.82. The third-order valence-electron chi connectivity index (χ3n) is 6.32. The fraction of sp³-hybridized carbons (Fsp3) is 0.529. The molecule has 0 spiro atoms. The van der Waals surface area contributed by atoms with Crippen molar-refractivity contribution >= 4 is 40.6 Å². The number of hydrogen-bond donors (Lipinski definition) is 1. The molecule has 5 heteroatoms. The molecule has 0 heterocycles. The molecule has 2 fully saturated rings. The van der Waals surface area contributed by atoms with E-state index in [0.29, 0.717) is 22.2 Å². The van der Waals surface area contributed by atoms with Crippen molar-refractivity contribution in [3.63, 3.8) is 0 Å². The lowest BCUT2D eigenvalue weighted by Gasteiger charge is -2.38. The smallest absolute Gasteiger partial charge is 0.231 e. The number of Topliss-reactive ketones (excluding diaryl/α,β-unsaturated/α-hetero) is 1. The Morgan fingerprint density at radius 2 is 1.86 bits per heavy atom. The highest BCUT2D eigenvalue weighted by molar-refractivity contribution is 6.35. The molecule has 2 bridgehead atoms. The van der Waals surface area contributed by atoms with Gasteiger partial charge in [-0.2, -0.15) is 0 Å². The van der Waals surface area contributed by atoms with Gasteiger partial charge in [0.25, 0.3) is 0 Å². The van der Waals surface area contributed by atoms with E-state index in [1.54, 1.807) is 18.2 Å². The van der Waals surface area contributed by atoms with Crippen molar-refractivity contribution in [2.24, 2.45) is 16.2 Å². The molecule has 0 saturated heterocycles. The van der Waals surface area contributed by atoms with Crippen molar-refractivity contribution in [1.82, 2.24) is 0 Å². The first-order valence-electron chi connectivity index (χ1n) is 7.44. The zero-order valence-electron chi connectivity index (χ0n) is 12.9. The summed E-state index contributed by atoms with van der Waals surface area (Å²) in [5, 5.41) is 3.85. The van der Waals surface area contributed by atoms with E-state index in [4.69, 9.17) is 23.2 Å². The minimum atomic E-state index is -0.662. The summed E-state index contributed by atoms with van der Waals surface area (Å²) in [5.74, 6) is 0.0623. The fourth-order valence-corrected chi connectivity index (χ4v) is 4.53. The van der Waals surface area contributed by atoms with E-state index < -0.39 is 10.8 Å². The average Bonchev–Trinajstić information content (AvgIpc) is 2.73. The number of benzene rings is 1. The van der Waals surface area contributed by atoms with Crippen LogP contribution < -0.4 is 5.32 Å². The number of ketones is 1. The molecule has 1 aromatic carbocycles. The molecule has 1 aromatic rings. The lowest BCUT2D eigenvalue weighted by molar-refractivity contribution is -0.131. The molecule has 0 radical (unpaired) electrons. The van der Waals surface area contributed by atoms with Crippen LogP contribution in [0.2, 0.25) is 10.0 Å². The van der Waals surface area contributed by atoms with Crippen LogP contribution in [0.3, 0.4) is 0 Å². The molecule has 1 amide bonds. The van der Waals surface area contributed by atoms with Crippen molar-refractivity contribution in [3.8, 4) is 0 Å². The Kier molecular flexibility index (Phi) is 3.39. The lowest BCUT2D eigenvalue weighted by atomic mass is 9.64. The Bertz CT molecular complexity index is 685. The van der Waals surface area contributed by atoms with E-state index >= 15 is 0 Å². The summed E-state index contributed by atoms with van der Waals surface area (Å²) >= 11 is 12.1. The first-order chi connectivity index (χ1) is 10.1. The number of carbonyl (C=O) groups excluding carboxylic acids is 2. The van der Waals surface area contributed by atoms with Crippen LogP contribution in [0, 0.1) is 16.2 Å². The van der Waals surface area contributed by atoms with Gasteiger partial charge in [-0.1, -0.05) is 44.0 Å². The molecule has 3 rings (SSSR count). The highest BCUT2D eigenvalue weighted by Gasteiger charge is 2.72. The van der Waals surface area contributed by atoms with Crippen LogP contribution in [-0.4, -0.2) is 11.7 Å². The Morgan fingerprint density at radius 3 is 2.41 bits per heavy atom. The van der Waals surface area contributed by atoms with Crippen molar-refractivity contribution in [1.29, 1.82) is 0 Å². The molecule has 0 aromatic heterocycles. The third-order valence-corrected chi connectivity index (χ3v) is 6.88. The number of rotatable bonds is 2. The van der Waals surface area contributed by atoms with Crippen molar-refractivity contribution in [2.75, 3.05) is 5.32 Å². The summed E-state index contributed by atoms with van der Waals surface area (Å²) in [4.78, 5) is 25.4. The number of amides is 1. The van der Waals surface area contributed by atoms with Gasteiger partial charge in [0.05, 0.1) is 16.1 Å². The van der Waals surface area contributed by atoms with E-state index in [9.17, 15) is 9.59 Å². The van der Waals surface area contributed by atoms with Crippen molar-refractivity contribution in [3.05, 3.63) is 28.2 Å². The van der Waals surface area contributed by atoms with E-state index in [1.165, 1.54) is 0 Å². The predicted molar refractivity (Wildman–Crippen MR) is 88.3 cm³/mol. The minimum Gasteiger partial charge on any atom is -0.324 e. The van der Waals surface area contributed by atoms with E-state index in [1.807, 2.05) is 20.8 Å². The van der Waals surface area contributed by atoms with Crippen LogP contribution in [-0.2, 0) is 9.59 Å². The molecule has 3 nitrogen and oxygen atoms in total. The molecule has 22 heavy (non-hydrogen) atoms. The molecule has 0 aliphatic heterocycles. The standard InChI is InChI=1S/C17H19Cl2NO2/c1-15(2)16(3)6-7-17(15,9-13(16)21)14(22)20-12-8-10(18)4-5-11(12)19/h4-5,8H,6-7,9H2,1-3H3,(H,20,22). The molecular weight excluding hydrogens is 321 g/mol. The zero-order chi connectivity index (χ0) is 16.3. The highest BCUT2D eigenvalue weighted by atomic mass is 35.5. The molecule has 2 saturated carbocycles. The lowest BCUT2D eigenvalue weighted by Crippen LogP contribution is -2.43. The molecular formula is C17H19Cl2NO2. The van der Waals surface area contributed by atoms with E-state index in [-0.39, 0.29) is 17.1 Å². The maximum atomic E-state index is 13.0. The van der Waals surface area contributed by atoms with Crippen LogP contribution in [0.5, 0.6) is 0 Å². The average molecular weight is 340 g/mol. The predicted octanol–water partition coefficient (Wildman–Crippen LogP) is 4.72. The Morgan fingerprint density at radius 1 is 1.18 bits per heavy atom. The van der Waals surface area contributed by atoms with Gasteiger partial charge < -0.3 is 5.32 Å². The second-order valence-corrected chi connectivity index (χ2v) is 8.06. The number of nitrogens with one attached hydrogen (secondary N) is 1. The summed E-state index contributed by atoms with van der Waals surface area (Å²) in [5.41, 5.74) is -0.948. The fourth-order valence-electron chi connectivity index (χ4n) is 4.20. The Labute approximate surface area is 140 Å². The van der Waals surface area contributed by atoms with Crippen LogP contribution in [0.15, 0.2) is 18.2 Å². The monoisotopic (exact) mass is 339 g/mol. The van der Waals surface area contributed by atoms with Crippen molar-refractivity contribution < 1.29 is 9.59 Å². The molecule has 2 unspecified atom stereocenters. The largest absolute Gasteiger partial charge is 0.324 e. The number of halogens is 2. The van der Waals surface area contributed by atoms with E-state index in [2.05, 4.69) is 5.32 Å². The highest BCUT2D eigenvalue weighted by Crippen LogP contribution is 2.70. The first kappa shape index (κ1) is 15.8. The van der Waals surface area contributed by atoms with Crippen LogP contribution in [0.25, 0.3) is 0 Å². The normalized spacial score (nSPS) is 32.3. The second kappa shape index (κ2) is 4.72. The van der Waals surface area contributed by atoms with Gasteiger partial charge in [-0.05, 0) is 36.5 Å². The van der Waals surface area contributed by atoms with Gasteiger partial charge in [-0.15, -0.1) is 0 Å². The van der Waals surface area contributed by atoms with Crippen LogP contribution in [0.4, 0.5) is 5.69 Å². The second-order valence-electron chi connectivity index (χ2n) is 7.22. The maximum absolute atomic E-state index is 13.0. The van der Waals surface area contributed by atoms with Gasteiger partial charge >= 0.3 is 0 Å². The quantitative estimate of drug-likeness (QED) is 0.847. The molecule has 1 N–H and O–H groups in total. The summed E-state index contributed by atoms with van der Waals surface area (Å²) in [6.45, 7) is 6.05. The summed E-state index contributed by atoms with van der Waals surface area (Å²) in [7, 11) is 0. The van der Waals surface area contributed by atoms with Gasteiger partial charge in [-0.3, -0.25) is 9.59 Å². The van der Waals surface area contributed by atoms with Crippen LogP contribution in [0.1, 0.15) is 40.0 Å². The molecule has 118 valence electrons. The Hall–Kier alpha value is -1.06. The number of fused-ring (bicyclic) bond motifs is 2. The van der Waals surface area contributed by atoms with E-state index in [0.717, 1.165) is 12.8 Å². The maximum Gasteiger partial charge on any atom is 0.231 e. The van der Waals surface area contributed by atoms with Gasteiger partial charge in [0.15, 0.2) is 0 Å². The number of carbonyl (C=O) groups is 2. The van der Waals surface area contributed by atoms with Gasteiger partial charge in [0.2, 0.25) is 5.91 Å². The zero-order valence-corrected chi connectivity index (χ0v) is 14.4. The van der Waals surface area contributed by atoms with Gasteiger partial charge in [0.1, 0.15) is 5.78 Å². The minimum absolute atomic E-state index is 0.128. The molecule has 2 aliphatic carbocycles. The summed E-state index contributed by atoms with van der Waals surface area (Å²) < 4.78 is 0. The Balaban J connectivity index is 1.96. The number of hydrogen-bond acceptors (Lipinski definition) is 2. The first-order valence-corrected chi connectivity index (χ1v) is 8.19. The molecule has 2 aliphatic rings. The SMILES string of the molecule is CC12CCC(C(=O)Nc3cc(Cl)ccc3Cl)(CC1=O)C2(C)C. The summed E-state index contributed by atoms with van der Waals surface area (Å²) in [6, 6.07) is 4.96. The van der Waals surface area contributed by atoms with Gasteiger partial charge in [-0.25, -0.2) is 0 Å². The number of anilines is 1.